The summed E-state index contributed by atoms with van der Waals surface area (Å²) in [6, 6.07) is 5.88. The predicted octanol–water partition coefficient (Wildman–Crippen LogP) is 2.45. The van der Waals surface area contributed by atoms with Gasteiger partial charge in [-0.25, -0.2) is 0 Å². The predicted molar refractivity (Wildman–Crippen MR) is 80.1 cm³/mol. The molecule has 1 heterocycles. The van der Waals surface area contributed by atoms with Crippen molar-refractivity contribution >= 4 is 17.6 Å². The first-order valence-corrected chi connectivity index (χ1v) is 6.81. The van der Waals surface area contributed by atoms with E-state index in [4.69, 9.17) is 17.3 Å². The molecule has 0 aromatic heterocycles. The Morgan fingerprint density at radius 1 is 1.47 bits per heavy atom. The summed E-state index contributed by atoms with van der Waals surface area (Å²) in [6.07, 6.45) is 3.08. The Morgan fingerprint density at radius 2 is 2.26 bits per heavy atom. The topological polar surface area (TPSA) is 62.4 Å². The van der Waals surface area contributed by atoms with E-state index in [0.29, 0.717) is 5.96 Å². The summed E-state index contributed by atoms with van der Waals surface area (Å²) < 4.78 is 0. The summed E-state index contributed by atoms with van der Waals surface area (Å²) >= 11 is 6.16. The third kappa shape index (κ3) is 3.20. The second-order valence-corrected chi connectivity index (χ2v) is 4.96. The second kappa shape index (κ2) is 5.97. The molecular formula is C14H19ClN4. The number of nitrogens with two attached hydrogens (primary N) is 1. The number of rotatable bonds is 4. The molecule has 0 saturated carbocycles. The minimum Gasteiger partial charge on any atom is -0.370 e. The number of nitrogens with one attached hydrogen (secondary N) is 2. The van der Waals surface area contributed by atoms with Crippen LogP contribution in [0.3, 0.4) is 0 Å². The smallest absolute Gasteiger partial charge is 0.195 e. The molecule has 0 aliphatic carbocycles. The molecule has 0 saturated heterocycles. The van der Waals surface area contributed by atoms with Gasteiger partial charge in [0.05, 0.1) is 6.04 Å². The van der Waals surface area contributed by atoms with Crippen molar-refractivity contribution < 1.29 is 0 Å². The second-order valence-electron chi connectivity index (χ2n) is 4.55. The minimum absolute atomic E-state index is 0.00411. The highest BCUT2D eigenvalue weighted by atomic mass is 35.5. The van der Waals surface area contributed by atoms with Gasteiger partial charge in [-0.15, -0.1) is 0 Å². The molecule has 0 bridgehead atoms. The Labute approximate surface area is 118 Å². The van der Waals surface area contributed by atoms with Crippen molar-refractivity contribution in [3.05, 3.63) is 46.2 Å². The molecule has 1 aromatic carbocycles. The average Bonchev–Trinajstić information content (AvgIpc) is 2.39. The van der Waals surface area contributed by atoms with Gasteiger partial charge in [0.15, 0.2) is 5.96 Å². The Bertz CT molecular complexity index is 522. The van der Waals surface area contributed by atoms with Crippen LogP contribution in [-0.2, 0) is 0 Å². The molecule has 1 aliphatic heterocycles. The SMILES string of the molecule is CCCNC1=CC(c2cccc(Cl)c2C)NC(N)=N1. The molecule has 4 nitrogen and oxygen atoms in total. The Kier molecular flexibility index (Phi) is 4.32. The van der Waals surface area contributed by atoms with Gasteiger partial charge < -0.3 is 16.4 Å². The van der Waals surface area contributed by atoms with E-state index < -0.39 is 0 Å². The van der Waals surface area contributed by atoms with Crippen molar-refractivity contribution in [2.45, 2.75) is 26.3 Å². The van der Waals surface area contributed by atoms with Crippen LogP contribution in [0.5, 0.6) is 0 Å². The van der Waals surface area contributed by atoms with E-state index >= 15 is 0 Å². The van der Waals surface area contributed by atoms with Crippen LogP contribution in [0.2, 0.25) is 5.02 Å². The fourth-order valence-corrected chi connectivity index (χ4v) is 2.22. The van der Waals surface area contributed by atoms with Gasteiger partial charge >= 0.3 is 0 Å². The fourth-order valence-electron chi connectivity index (χ4n) is 2.04. The molecule has 1 atom stereocenters. The molecule has 1 unspecified atom stereocenters. The van der Waals surface area contributed by atoms with E-state index in [0.717, 1.165) is 34.9 Å². The van der Waals surface area contributed by atoms with Crippen molar-refractivity contribution in [2.24, 2.45) is 10.7 Å². The number of guanidine groups is 1. The van der Waals surface area contributed by atoms with Gasteiger partial charge in [-0.05, 0) is 36.6 Å². The van der Waals surface area contributed by atoms with Crippen LogP contribution in [-0.4, -0.2) is 12.5 Å². The molecule has 102 valence electrons. The van der Waals surface area contributed by atoms with Crippen LogP contribution < -0.4 is 16.4 Å². The zero-order chi connectivity index (χ0) is 13.8. The maximum absolute atomic E-state index is 6.16. The van der Waals surface area contributed by atoms with E-state index in [1.165, 1.54) is 0 Å². The average molecular weight is 279 g/mol. The standard InChI is InChI=1S/C14H19ClN4/c1-3-7-17-13-8-12(18-14(16)19-13)10-5-4-6-11(15)9(10)2/h4-6,8,12,17H,3,7H2,1-2H3,(H3,16,18,19). The lowest BCUT2D eigenvalue weighted by Gasteiger charge is -2.23. The number of hydrogen-bond donors (Lipinski definition) is 3. The minimum atomic E-state index is -0.00411. The molecular weight excluding hydrogens is 260 g/mol. The molecule has 0 fully saturated rings. The van der Waals surface area contributed by atoms with Crippen molar-refractivity contribution in [3.63, 3.8) is 0 Å². The van der Waals surface area contributed by atoms with Crippen molar-refractivity contribution in [2.75, 3.05) is 6.54 Å². The van der Waals surface area contributed by atoms with E-state index in [9.17, 15) is 0 Å². The molecule has 4 N–H and O–H groups in total. The summed E-state index contributed by atoms with van der Waals surface area (Å²) in [5, 5.41) is 7.18. The molecule has 0 spiro atoms. The van der Waals surface area contributed by atoms with Crippen LogP contribution in [0.15, 0.2) is 35.1 Å². The number of aliphatic imine (C=N–C) groups is 1. The highest BCUT2D eigenvalue weighted by molar-refractivity contribution is 6.31. The number of halogens is 1. The Hall–Kier alpha value is -1.68. The largest absolute Gasteiger partial charge is 0.370 e. The van der Waals surface area contributed by atoms with Gasteiger partial charge in [0.1, 0.15) is 5.82 Å². The lowest BCUT2D eigenvalue weighted by atomic mass is 10.0. The van der Waals surface area contributed by atoms with Gasteiger partial charge in [0.2, 0.25) is 0 Å². The molecule has 0 radical (unpaired) electrons. The molecule has 1 aromatic rings. The maximum atomic E-state index is 6.16. The highest BCUT2D eigenvalue weighted by Crippen LogP contribution is 2.26. The number of benzene rings is 1. The van der Waals surface area contributed by atoms with Crippen LogP contribution in [0, 0.1) is 6.92 Å². The van der Waals surface area contributed by atoms with Gasteiger partial charge in [-0.2, -0.15) is 4.99 Å². The van der Waals surface area contributed by atoms with Crippen LogP contribution in [0.25, 0.3) is 0 Å². The molecule has 5 heteroatoms. The normalized spacial score (nSPS) is 18.4. The molecule has 1 aliphatic rings. The third-order valence-corrected chi connectivity index (χ3v) is 3.48. The highest BCUT2D eigenvalue weighted by Gasteiger charge is 2.18. The van der Waals surface area contributed by atoms with Crippen molar-refractivity contribution in [1.29, 1.82) is 0 Å². The first kappa shape index (κ1) is 13.7. The van der Waals surface area contributed by atoms with Crippen molar-refractivity contribution in [3.8, 4) is 0 Å². The quantitative estimate of drug-likeness (QED) is 0.793. The monoisotopic (exact) mass is 278 g/mol. The third-order valence-electron chi connectivity index (χ3n) is 3.07. The van der Waals surface area contributed by atoms with Crippen molar-refractivity contribution in [1.82, 2.24) is 10.6 Å². The van der Waals surface area contributed by atoms with E-state index in [1.807, 2.05) is 31.2 Å². The Morgan fingerprint density at radius 3 is 3.00 bits per heavy atom. The molecule has 19 heavy (non-hydrogen) atoms. The first-order chi connectivity index (χ1) is 9.11. The fraction of sp³-hybridized carbons (Fsp3) is 0.357. The zero-order valence-electron chi connectivity index (χ0n) is 11.2. The lowest BCUT2D eigenvalue weighted by Crippen LogP contribution is -2.38. The van der Waals surface area contributed by atoms with E-state index in [1.54, 1.807) is 0 Å². The summed E-state index contributed by atoms with van der Waals surface area (Å²) in [6.45, 7) is 5.00. The molecule has 0 amide bonds. The molecule has 2 rings (SSSR count). The van der Waals surface area contributed by atoms with Gasteiger partial charge in [0, 0.05) is 11.6 Å². The Balaban J connectivity index is 2.27. The van der Waals surface area contributed by atoms with E-state index in [-0.39, 0.29) is 6.04 Å². The van der Waals surface area contributed by atoms with E-state index in [2.05, 4.69) is 22.5 Å². The van der Waals surface area contributed by atoms with Crippen LogP contribution in [0.1, 0.15) is 30.5 Å². The van der Waals surface area contributed by atoms with Crippen LogP contribution >= 0.6 is 11.6 Å². The zero-order valence-corrected chi connectivity index (χ0v) is 12.0. The number of nitrogens with zero attached hydrogens (tertiary/aromatic N) is 1. The van der Waals surface area contributed by atoms with Crippen LogP contribution in [0.4, 0.5) is 0 Å². The summed E-state index contributed by atoms with van der Waals surface area (Å²) in [7, 11) is 0. The van der Waals surface area contributed by atoms with Gasteiger partial charge in [-0.1, -0.05) is 30.7 Å². The first-order valence-electron chi connectivity index (χ1n) is 6.43. The van der Waals surface area contributed by atoms with Gasteiger partial charge in [-0.3, -0.25) is 0 Å². The van der Waals surface area contributed by atoms with Gasteiger partial charge in [0.25, 0.3) is 0 Å². The lowest BCUT2D eigenvalue weighted by molar-refractivity contribution is 0.696. The summed E-state index contributed by atoms with van der Waals surface area (Å²) in [5.41, 5.74) is 8.01. The number of hydrogen-bond acceptors (Lipinski definition) is 4. The summed E-state index contributed by atoms with van der Waals surface area (Å²) in [4.78, 5) is 4.25. The maximum Gasteiger partial charge on any atom is 0.195 e. The summed E-state index contributed by atoms with van der Waals surface area (Å²) in [5.74, 6) is 1.23.